The van der Waals surface area contributed by atoms with Gasteiger partial charge in [-0.05, 0) is 144 Å². The second-order valence-electron chi connectivity index (χ2n) is 18.5. The molecule has 12 atom stereocenters. The van der Waals surface area contributed by atoms with E-state index in [1.54, 1.807) is 11.1 Å². The molecule has 2 fully saturated rings. The van der Waals surface area contributed by atoms with Gasteiger partial charge in [0.05, 0.1) is 0 Å². The summed E-state index contributed by atoms with van der Waals surface area (Å²) in [6.07, 6.45) is 35.3. The van der Waals surface area contributed by atoms with Gasteiger partial charge < -0.3 is 0 Å². The summed E-state index contributed by atoms with van der Waals surface area (Å²) in [5, 5.41) is 0. The SMILES string of the molecule is CC(C)C1CC2C(C=CC[C@H]2C2=CC[C@@H](C(C)(C)C)C=C2)C1CC1C(C)CC2C1C=CC[C@H]2C1=CCC(C(C)(C)C)C=C1. The van der Waals surface area contributed by atoms with Crippen molar-refractivity contribution in [2.75, 3.05) is 0 Å². The molecule has 9 unspecified atom stereocenters. The maximum absolute atomic E-state index is 2.71. The third-order valence-electron chi connectivity index (χ3n) is 13.7. The number of hydrogen-bond acceptors (Lipinski definition) is 0. The third-order valence-corrected chi connectivity index (χ3v) is 13.7. The van der Waals surface area contributed by atoms with Crippen LogP contribution in [0.4, 0.5) is 0 Å². The molecule has 0 N–H and O–H groups in total. The third kappa shape index (κ3) is 6.17. The summed E-state index contributed by atoms with van der Waals surface area (Å²) in [6.45, 7) is 22.1. The molecular weight excluding hydrogens is 516 g/mol. The number of rotatable bonds is 5. The van der Waals surface area contributed by atoms with Crippen LogP contribution in [-0.4, -0.2) is 0 Å². The Hall–Kier alpha value is -1.56. The summed E-state index contributed by atoms with van der Waals surface area (Å²) in [5.41, 5.74) is 4.04. The molecule has 0 spiro atoms. The monoisotopic (exact) mass is 581 g/mol. The molecule has 6 aliphatic carbocycles. The Labute approximate surface area is 266 Å². The zero-order valence-corrected chi connectivity index (χ0v) is 29.2. The van der Waals surface area contributed by atoms with E-state index < -0.39 is 0 Å². The van der Waals surface area contributed by atoms with E-state index in [2.05, 4.69) is 123 Å². The van der Waals surface area contributed by atoms with Crippen molar-refractivity contribution in [3.05, 3.63) is 71.9 Å². The van der Waals surface area contributed by atoms with E-state index in [0.29, 0.717) is 22.7 Å². The molecule has 0 nitrogen and oxygen atoms in total. The zero-order chi connectivity index (χ0) is 30.7. The first-order valence-electron chi connectivity index (χ1n) is 18.4. The van der Waals surface area contributed by atoms with Gasteiger partial charge in [0.1, 0.15) is 0 Å². The Balaban J connectivity index is 1.18. The predicted molar refractivity (Wildman–Crippen MR) is 186 cm³/mol. The zero-order valence-electron chi connectivity index (χ0n) is 29.2. The van der Waals surface area contributed by atoms with E-state index in [4.69, 9.17) is 0 Å². The molecule has 2 saturated carbocycles. The van der Waals surface area contributed by atoms with Gasteiger partial charge in [-0.15, -0.1) is 0 Å². The van der Waals surface area contributed by atoms with Gasteiger partial charge in [-0.3, -0.25) is 0 Å². The molecule has 0 aromatic rings. The molecule has 43 heavy (non-hydrogen) atoms. The summed E-state index contributed by atoms with van der Waals surface area (Å²) in [7, 11) is 0. The van der Waals surface area contributed by atoms with E-state index in [9.17, 15) is 0 Å². The number of allylic oxidation sites excluding steroid dienone is 12. The molecule has 0 aliphatic heterocycles. The van der Waals surface area contributed by atoms with Crippen LogP contribution in [0.1, 0.15) is 107 Å². The minimum atomic E-state index is 0.357. The summed E-state index contributed by atoms with van der Waals surface area (Å²) in [4.78, 5) is 0. The second-order valence-corrected chi connectivity index (χ2v) is 18.5. The van der Waals surface area contributed by atoms with Gasteiger partial charge in [0.15, 0.2) is 0 Å². The molecular formula is C43H64. The minimum absolute atomic E-state index is 0.357. The summed E-state index contributed by atoms with van der Waals surface area (Å²) in [5.74, 6) is 10.2. The van der Waals surface area contributed by atoms with Crippen LogP contribution < -0.4 is 0 Å². The normalized spacial score (nSPS) is 42.7. The fraction of sp³-hybridized carbons (Fsp3) is 0.721. The first kappa shape index (κ1) is 31.4. The molecule has 0 radical (unpaired) electrons. The van der Waals surface area contributed by atoms with Gasteiger partial charge in [0.2, 0.25) is 0 Å². The quantitative estimate of drug-likeness (QED) is 0.284. The standard InChI is InChI=1S/C43H64/c1-27(2)37-25-40-34(30-18-22-32(23-19-30)43(7,8)9)13-11-15-36(40)41(37)26-38-28(3)24-39-33(12-10-14-35(38)39)29-16-20-31(21-17-29)42(4,5)6/h10-11,14-20,22,27-28,31-41H,12-13,21,23-26H2,1-9H3/t28?,31?,32-,33-,34-,35?,36?,37?,38?,39?,40?,41?/m0/s1. The van der Waals surface area contributed by atoms with Crippen molar-refractivity contribution in [2.24, 2.45) is 87.8 Å². The molecule has 0 saturated heterocycles. The van der Waals surface area contributed by atoms with Gasteiger partial charge in [-0.1, -0.05) is 123 Å². The van der Waals surface area contributed by atoms with Crippen molar-refractivity contribution in [3.63, 3.8) is 0 Å². The molecule has 6 aliphatic rings. The van der Waals surface area contributed by atoms with Crippen LogP contribution >= 0.6 is 0 Å². The molecule has 6 rings (SSSR count). The van der Waals surface area contributed by atoms with Gasteiger partial charge in [0, 0.05) is 0 Å². The highest BCUT2D eigenvalue weighted by Crippen LogP contribution is 2.59. The Morgan fingerprint density at radius 3 is 1.58 bits per heavy atom. The van der Waals surface area contributed by atoms with E-state index in [0.717, 1.165) is 65.1 Å². The van der Waals surface area contributed by atoms with Crippen LogP contribution in [0.5, 0.6) is 0 Å². The van der Waals surface area contributed by atoms with E-state index in [1.165, 1.54) is 44.9 Å². The van der Waals surface area contributed by atoms with Crippen molar-refractivity contribution in [2.45, 2.75) is 107 Å². The van der Waals surface area contributed by atoms with E-state index in [1.807, 2.05) is 0 Å². The Morgan fingerprint density at radius 2 is 1.14 bits per heavy atom. The molecule has 236 valence electrons. The fourth-order valence-electron chi connectivity index (χ4n) is 10.9. The van der Waals surface area contributed by atoms with Gasteiger partial charge >= 0.3 is 0 Å². The summed E-state index contributed by atoms with van der Waals surface area (Å²) in [6, 6.07) is 0. The molecule has 0 aromatic heterocycles. The van der Waals surface area contributed by atoms with Crippen LogP contribution in [0.25, 0.3) is 0 Å². The number of fused-ring (bicyclic) bond motifs is 2. The molecule has 0 heterocycles. The molecule has 0 bridgehead atoms. The largest absolute Gasteiger partial charge is 0.0876 e. The highest BCUT2D eigenvalue weighted by molar-refractivity contribution is 5.32. The van der Waals surface area contributed by atoms with E-state index >= 15 is 0 Å². The van der Waals surface area contributed by atoms with Crippen molar-refractivity contribution < 1.29 is 0 Å². The van der Waals surface area contributed by atoms with Crippen molar-refractivity contribution in [3.8, 4) is 0 Å². The maximum Gasteiger partial charge on any atom is -0.00965 e. The van der Waals surface area contributed by atoms with Gasteiger partial charge in [-0.25, -0.2) is 0 Å². The lowest BCUT2D eigenvalue weighted by atomic mass is 9.66. The molecule has 0 heteroatoms. The molecule has 0 amide bonds. The van der Waals surface area contributed by atoms with Crippen LogP contribution in [0.2, 0.25) is 0 Å². The van der Waals surface area contributed by atoms with Crippen molar-refractivity contribution in [1.82, 2.24) is 0 Å². The highest BCUT2D eigenvalue weighted by Gasteiger charge is 2.52. The van der Waals surface area contributed by atoms with Crippen LogP contribution in [0.3, 0.4) is 0 Å². The summed E-state index contributed by atoms with van der Waals surface area (Å²) < 4.78 is 0. The summed E-state index contributed by atoms with van der Waals surface area (Å²) >= 11 is 0. The Bertz CT molecular complexity index is 1180. The lowest BCUT2D eigenvalue weighted by molar-refractivity contribution is 0.174. The average Bonchev–Trinajstić information content (AvgIpc) is 3.50. The van der Waals surface area contributed by atoms with Crippen LogP contribution in [-0.2, 0) is 0 Å². The van der Waals surface area contributed by atoms with Crippen molar-refractivity contribution in [1.29, 1.82) is 0 Å². The van der Waals surface area contributed by atoms with Crippen LogP contribution in [0.15, 0.2) is 71.9 Å². The van der Waals surface area contributed by atoms with E-state index in [-0.39, 0.29) is 0 Å². The Kier molecular flexibility index (Phi) is 8.76. The fourth-order valence-corrected chi connectivity index (χ4v) is 10.9. The van der Waals surface area contributed by atoms with Crippen LogP contribution in [0, 0.1) is 87.8 Å². The smallest absolute Gasteiger partial charge is 0.00965 e. The van der Waals surface area contributed by atoms with Gasteiger partial charge in [-0.2, -0.15) is 0 Å². The molecule has 0 aromatic carbocycles. The van der Waals surface area contributed by atoms with Gasteiger partial charge in [0.25, 0.3) is 0 Å². The topological polar surface area (TPSA) is 0 Å². The first-order valence-corrected chi connectivity index (χ1v) is 18.4. The maximum atomic E-state index is 2.71. The minimum Gasteiger partial charge on any atom is -0.0876 e. The lowest BCUT2D eigenvalue weighted by Gasteiger charge is -2.38. The highest BCUT2D eigenvalue weighted by atomic mass is 14.6. The first-order chi connectivity index (χ1) is 20.3. The van der Waals surface area contributed by atoms with Crippen molar-refractivity contribution >= 4 is 0 Å². The number of hydrogen-bond donors (Lipinski definition) is 0. The Morgan fingerprint density at radius 1 is 0.651 bits per heavy atom. The second kappa shape index (κ2) is 12.0. The predicted octanol–water partition coefficient (Wildman–Crippen LogP) is 12.0. The lowest BCUT2D eigenvalue weighted by Crippen LogP contribution is -2.31. The average molecular weight is 581 g/mol.